The van der Waals surface area contributed by atoms with Crippen molar-refractivity contribution in [2.24, 2.45) is 5.92 Å². The molecular weight excluding hydrogens is 370 g/mol. The Morgan fingerprint density at radius 2 is 1.97 bits per heavy atom. The molecule has 0 saturated carbocycles. The number of pyridine rings is 1. The molecule has 0 radical (unpaired) electrons. The molecule has 2 aromatic heterocycles. The van der Waals surface area contributed by atoms with Crippen LogP contribution in [0.15, 0.2) is 54.6 Å². The Hall–Kier alpha value is -3.81. The molecule has 4 rings (SSSR count). The fraction of sp³-hybridized carbons (Fsp3) is 0.190. The standard InChI is InChI=1S/C21H19N5O3/c1-13(2)12-25-20-17(11-14-6-3-4-9-18(14)22-20)19(24-25)23-21(27)15-7-5-8-16(10-15)26(28)29/h3-11,13H,12H2,1-2H3,(H,23,24,27). The van der Waals surface area contributed by atoms with Crippen molar-refractivity contribution in [3.05, 3.63) is 70.3 Å². The summed E-state index contributed by atoms with van der Waals surface area (Å²) >= 11 is 0. The van der Waals surface area contributed by atoms with E-state index in [1.165, 1.54) is 24.3 Å². The van der Waals surface area contributed by atoms with Crippen molar-refractivity contribution < 1.29 is 9.72 Å². The summed E-state index contributed by atoms with van der Waals surface area (Å²) < 4.78 is 1.79. The zero-order chi connectivity index (χ0) is 20.5. The highest BCUT2D eigenvalue weighted by Crippen LogP contribution is 2.27. The smallest absolute Gasteiger partial charge is 0.270 e. The first-order chi connectivity index (χ1) is 13.9. The molecule has 146 valence electrons. The van der Waals surface area contributed by atoms with Gasteiger partial charge in [0, 0.05) is 29.6 Å². The quantitative estimate of drug-likeness (QED) is 0.402. The number of carbonyl (C=O) groups excluding carboxylic acids is 1. The van der Waals surface area contributed by atoms with E-state index in [9.17, 15) is 14.9 Å². The molecule has 0 aliphatic heterocycles. The number of anilines is 1. The lowest BCUT2D eigenvalue weighted by atomic mass is 10.1. The van der Waals surface area contributed by atoms with E-state index in [1.54, 1.807) is 4.68 Å². The Morgan fingerprint density at radius 1 is 1.17 bits per heavy atom. The molecule has 2 aromatic carbocycles. The number of nitrogens with zero attached hydrogens (tertiary/aromatic N) is 4. The number of hydrogen-bond acceptors (Lipinski definition) is 5. The summed E-state index contributed by atoms with van der Waals surface area (Å²) in [5.74, 6) is 0.264. The highest BCUT2D eigenvalue weighted by atomic mass is 16.6. The first kappa shape index (κ1) is 18.5. The van der Waals surface area contributed by atoms with Crippen molar-refractivity contribution in [2.75, 3.05) is 5.32 Å². The average Bonchev–Trinajstić information content (AvgIpc) is 3.02. The third-order valence-corrected chi connectivity index (χ3v) is 4.51. The lowest BCUT2D eigenvalue weighted by Crippen LogP contribution is -2.13. The SMILES string of the molecule is CC(C)Cn1nc(NC(=O)c2cccc([N+](=O)[O-])c2)c2cc3ccccc3nc21. The number of carbonyl (C=O) groups is 1. The molecule has 0 aliphatic rings. The second-order valence-electron chi connectivity index (χ2n) is 7.24. The summed E-state index contributed by atoms with van der Waals surface area (Å²) in [6.07, 6.45) is 0. The van der Waals surface area contributed by atoms with Crippen LogP contribution in [0.5, 0.6) is 0 Å². The summed E-state index contributed by atoms with van der Waals surface area (Å²) in [5.41, 5.74) is 1.59. The van der Waals surface area contributed by atoms with Gasteiger partial charge in [0.1, 0.15) is 0 Å². The van der Waals surface area contributed by atoms with Gasteiger partial charge in [-0.1, -0.05) is 38.1 Å². The van der Waals surface area contributed by atoms with E-state index in [2.05, 4.69) is 24.3 Å². The van der Waals surface area contributed by atoms with Crippen LogP contribution in [0, 0.1) is 16.0 Å². The van der Waals surface area contributed by atoms with Gasteiger partial charge in [0.05, 0.1) is 15.8 Å². The fourth-order valence-corrected chi connectivity index (χ4v) is 3.20. The number of aromatic nitrogens is 3. The molecule has 2 heterocycles. The van der Waals surface area contributed by atoms with Crippen LogP contribution in [0.4, 0.5) is 11.5 Å². The van der Waals surface area contributed by atoms with Gasteiger partial charge in [0.15, 0.2) is 11.5 Å². The van der Waals surface area contributed by atoms with Crippen LogP contribution in [0.1, 0.15) is 24.2 Å². The highest BCUT2D eigenvalue weighted by molar-refractivity contribution is 6.09. The summed E-state index contributed by atoms with van der Waals surface area (Å²) in [6, 6.07) is 15.3. The predicted molar refractivity (Wildman–Crippen MR) is 111 cm³/mol. The Labute approximate surface area is 166 Å². The van der Waals surface area contributed by atoms with Crippen molar-refractivity contribution in [1.29, 1.82) is 0 Å². The zero-order valence-corrected chi connectivity index (χ0v) is 16.0. The molecule has 0 aliphatic carbocycles. The van der Waals surface area contributed by atoms with Gasteiger partial charge in [-0.25, -0.2) is 9.67 Å². The van der Waals surface area contributed by atoms with Crippen LogP contribution in [-0.4, -0.2) is 25.6 Å². The number of nitro groups is 1. The number of amides is 1. The van der Waals surface area contributed by atoms with E-state index in [0.29, 0.717) is 23.9 Å². The minimum atomic E-state index is -0.528. The number of hydrogen-bond donors (Lipinski definition) is 1. The highest BCUT2D eigenvalue weighted by Gasteiger charge is 2.18. The number of para-hydroxylation sites is 1. The summed E-state index contributed by atoms with van der Waals surface area (Å²) in [6.45, 7) is 4.81. The van der Waals surface area contributed by atoms with Crippen molar-refractivity contribution in [3.63, 3.8) is 0 Å². The van der Waals surface area contributed by atoms with E-state index >= 15 is 0 Å². The number of benzene rings is 2. The molecule has 8 heteroatoms. The number of fused-ring (bicyclic) bond motifs is 2. The predicted octanol–water partition coefficient (Wildman–Crippen LogP) is 4.40. The molecule has 29 heavy (non-hydrogen) atoms. The molecule has 8 nitrogen and oxygen atoms in total. The first-order valence-electron chi connectivity index (χ1n) is 9.24. The van der Waals surface area contributed by atoms with Gasteiger partial charge >= 0.3 is 0 Å². The molecule has 0 bridgehead atoms. The maximum Gasteiger partial charge on any atom is 0.270 e. The molecule has 0 fully saturated rings. The van der Waals surface area contributed by atoms with Gasteiger partial charge in [-0.15, -0.1) is 0 Å². The third-order valence-electron chi connectivity index (χ3n) is 4.51. The molecule has 0 spiro atoms. The van der Waals surface area contributed by atoms with Crippen LogP contribution >= 0.6 is 0 Å². The normalized spacial score (nSPS) is 11.3. The van der Waals surface area contributed by atoms with Gasteiger partial charge in [-0.05, 0) is 24.1 Å². The van der Waals surface area contributed by atoms with E-state index in [1.807, 2.05) is 30.3 Å². The Morgan fingerprint density at radius 3 is 2.72 bits per heavy atom. The minimum Gasteiger partial charge on any atom is -0.304 e. The lowest BCUT2D eigenvalue weighted by molar-refractivity contribution is -0.384. The summed E-state index contributed by atoms with van der Waals surface area (Å²) in [4.78, 5) is 27.9. The minimum absolute atomic E-state index is 0.138. The average molecular weight is 389 g/mol. The van der Waals surface area contributed by atoms with E-state index in [4.69, 9.17) is 4.98 Å². The van der Waals surface area contributed by atoms with Crippen molar-refractivity contribution in [3.8, 4) is 0 Å². The second-order valence-corrected chi connectivity index (χ2v) is 7.24. The first-order valence-corrected chi connectivity index (χ1v) is 9.24. The molecular formula is C21H19N5O3. The molecule has 0 unspecified atom stereocenters. The summed E-state index contributed by atoms with van der Waals surface area (Å²) in [5, 5.41) is 20.0. The Bertz CT molecular complexity index is 1250. The zero-order valence-electron chi connectivity index (χ0n) is 16.0. The van der Waals surface area contributed by atoms with Crippen LogP contribution in [0.25, 0.3) is 21.9 Å². The molecule has 1 amide bonds. The van der Waals surface area contributed by atoms with Gasteiger partial charge in [-0.2, -0.15) is 5.10 Å². The topological polar surface area (TPSA) is 103 Å². The van der Waals surface area contributed by atoms with Crippen molar-refractivity contribution in [1.82, 2.24) is 14.8 Å². The molecule has 0 atom stereocenters. The van der Waals surface area contributed by atoms with E-state index in [0.717, 1.165) is 16.3 Å². The third kappa shape index (κ3) is 3.64. The number of rotatable bonds is 5. The maximum absolute atomic E-state index is 12.7. The molecule has 0 saturated heterocycles. The molecule has 4 aromatic rings. The maximum atomic E-state index is 12.7. The van der Waals surface area contributed by atoms with Crippen LogP contribution in [0.2, 0.25) is 0 Å². The lowest BCUT2D eigenvalue weighted by Gasteiger charge is -2.06. The number of non-ortho nitro benzene ring substituents is 1. The van der Waals surface area contributed by atoms with Crippen LogP contribution < -0.4 is 5.32 Å². The van der Waals surface area contributed by atoms with Crippen LogP contribution in [-0.2, 0) is 6.54 Å². The molecule has 1 N–H and O–H groups in total. The monoisotopic (exact) mass is 389 g/mol. The van der Waals surface area contributed by atoms with Crippen molar-refractivity contribution >= 4 is 39.3 Å². The Balaban J connectivity index is 1.78. The fourth-order valence-electron chi connectivity index (χ4n) is 3.20. The largest absolute Gasteiger partial charge is 0.304 e. The van der Waals surface area contributed by atoms with Gasteiger partial charge < -0.3 is 5.32 Å². The second kappa shape index (κ2) is 7.31. The van der Waals surface area contributed by atoms with Gasteiger partial charge in [-0.3, -0.25) is 14.9 Å². The van der Waals surface area contributed by atoms with E-state index < -0.39 is 10.8 Å². The Kier molecular flexibility index (Phi) is 4.67. The number of nitro benzene ring substituents is 1. The van der Waals surface area contributed by atoms with Gasteiger partial charge in [0.25, 0.3) is 11.6 Å². The van der Waals surface area contributed by atoms with Crippen LogP contribution in [0.3, 0.4) is 0 Å². The van der Waals surface area contributed by atoms with E-state index in [-0.39, 0.29) is 11.3 Å². The number of nitrogens with one attached hydrogen (secondary N) is 1. The summed E-state index contributed by atoms with van der Waals surface area (Å²) in [7, 11) is 0. The van der Waals surface area contributed by atoms with Crippen molar-refractivity contribution in [2.45, 2.75) is 20.4 Å². The van der Waals surface area contributed by atoms with Gasteiger partial charge in [0.2, 0.25) is 0 Å².